The van der Waals surface area contributed by atoms with E-state index in [4.69, 9.17) is 16.3 Å². The van der Waals surface area contributed by atoms with Crippen LogP contribution in [0.2, 0.25) is 5.15 Å². The number of anilines is 2. The number of piperidine rings is 1. The Morgan fingerprint density at radius 3 is 2.91 bits per heavy atom. The third-order valence-corrected chi connectivity index (χ3v) is 6.46. The normalized spacial score (nSPS) is 21.9. The molecule has 2 atom stereocenters. The fourth-order valence-corrected chi connectivity index (χ4v) is 4.57. The summed E-state index contributed by atoms with van der Waals surface area (Å²) < 4.78 is 23.5. The molecule has 0 spiro atoms. The highest BCUT2D eigenvalue weighted by atomic mass is 35.5. The van der Waals surface area contributed by atoms with Gasteiger partial charge in [0.25, 0.3) is 0 Å². The van der Waals surface area contributed by atoms with Crippen molar-refractivity contribution in [1.29, 1.82) is 5.26 Å². The first-order valence-electron chi connectivity index (χ1n) is 10.7. The first-order valence-corrected chi connectivity index (χ1v) is 11.1. The van der Waals surface area contributed by atoms with Crippen molar-refractivity contribution >= 4 is 34.1 Å². The van der Waals surface area contributed by atoms with Crippen LogP contribution in [0, 0.1) is 11.3 Å². The number of nitriles is 1. The molecular weight excluding hydrogens is 435 g/mol. The highest BCUT2D eigenvalue weighted by Gasteiger charge is 2.37. The zero-order valence-corrected chi connectivity index (χ0v) is 18.4. The molecule has 2 fully saturated rings. The zero-order chi connectivity index (χ0) is 22.2. The Bertz CT molecular complexity index is 1170. The van der Waals surface area contributed by atoms with Crippen LogP contribution in [-0.2, 0) is 4.74 Å². The van der Waals surface area contributed by atoms with E-state index in [-0.39, 0.29) is 0 Å². The Balaban J connectivity index is 1.35. The van der Waals surface area contributed by atoms with Crippen LogP contribution >= 0.6 is 11.6 Å². The van der Waals surface area contributed by atoms with E-state index >= 15 is 0 Å². The Hall–Kier alpha value is -2.87. The molecule has 5 rings (SSSR count). The predicted octanol–water partition coefficient (Wildman–Crippen LogP) is 3.05. The highest BCUT2D eigenvalue weighted by Crippen LogP contribution is 2.34. The van der Waals surface area contributed by atoms with Gasteiger partial charge in [-0.1, -0.05) is 11.6 Å². The maximum Gasteiger partial charge on any atom is 0.162 e. The molecule has 9 nitrogen and oxygen atoms in total. The number of pyridine rings is 1. The second kappa shape index (κ2) is 8.58. The summed E-state index contributed by atoms with van der Waals surface area (Å²) in [6.07, 6.45) is 2.89. The molecule has 3 aromatic heterocycles. The fraction of sp³-hybridized carbons (Fsp3) is 0.476. The van der Waals surface area contributed by atoms with Crippen LogP contribution in [0.25, 0.3) is 11.0 Å². The molecule has 0 amide bonds. The Morgan fingerprint density at radius 1 is 1.38 bits per heavy atom. The maximum absolute atomic E-state index is 15.0. The molecule has 5 heterocycles. The van der Waals surface area contributed by atoms with E-state index in [1.165, 1.54) is 0 Å². The molecule has 32 heavy (non-hydrogen) atoms. The quantitative estimate of drug-likeness (QED) is 0.586. The highest BCUT2D eigenvalue weighted by molar-refractivity contribution is 6.32. The average molecular weight is 459 g/mol. The van der Waals surface area contributed by atoms with Gasteiger partial charge in [-0.2, -0.15) is 10.4 Å². The van der Waals surface area contributed by atoms with Gasteiger partial charge in [0.05, 0.1) is 42.7 Å². The summed E-state index contributed by atoms with van der Waals surface area (Å²) in [6.45, 7) is 5.16. The van der Waals surface area contributed by atoms with Crippen LogP contribution in [0.1, 0.15) is 24.9 Å². The molecule has 2 saturated heterocycles. The fourth-order valence-electron chi connectivity index (χ4n) is 4.31. The second-order valence-corrected chi connectivity index (χ2v) is 8.44. The van der Waals surface area contributed by atoms with Gasteiger partial charge < -0.3 is 15.5 Å². The first kappa shape index (κ1) is 21.0. The monoisotopic (exact) mass is 458 g/mol. The summed E-state index contributed by atoms with van der Waals surface area (Å²) in [5.41, 5.74) is 4.89. The Labute approximate surface area is 189 Å². The van der Waals surface area contributed by atoms with Gasteiger partial charge in [0, 0.05) is 31.2 Å². The van der Waals surface area contributed by atoms with Crippen LogP contribution in [-0.4, -0.2) is 69.4 Å². The lowest BCUT2D eigenvalue weighted by molar-refractivity contribution is -0.0847. The van der Waals surface area contributed by atoms with Crippen LogP contribution in [0.4, 0.5) is 15.9 Å². The number of halogens is 2. The molecule has 3 aromatic rings. The van der Waals surface area contributed by atoms with Crippen LogP contribution < -0.4 is 10.7 Å². The van der Waals surface area contributed by atoms with Gasteiger partial charge >= 0.3 is 0 Å². The first-order chi connectivity index (χ1) is 15.6. The SMILES string of the molecule is CCNn1cc(C#N)c2ccc(Nc3cnn([C@H]4CCN(C5COC5)C[C@@H]4F)c3Cl)nc21. The standard InChI is InChI=1S/C21H24ClFN8O/c1-2-25-30-9-13(7-24)15-3-4-19(28-21(15)30)27-17-8-26-31(20(17)22)18-5-6-29(10-16(18)23)14-11-32-12-14/h3-4,8-9,14,16,18,25H,2,5-6,10-12H2,1H3,(H,27,28)/t16-,18-/m0/s1. The van der Waals surface area contributed by atoms with E-state index in [1.54, 1.807) is 27.8 Å². The van der Waals surface area contributed by atoms with Crippen molar-refractivity contribution in [2.24, 2.45) is 0 Å². The maximum atomic E-state index is 15.0. The topological polar surface area (TPSA) is 96.0 Å². The molecule has 0 unspecified atom stereocenters. The van der Waals surface area contributed by atoms with Gasteiger partial charge in [0.2, 0.25) is 0 Å². The van der Waals surface area contributed by atoms with E-state index < -0.39 is 12.2 Å². The van der Waals surface area contributed by atoms with Gasteiger partial charge in [-0.05, 0) is 25.5 Å². The minimum atomic E-state index is -1.06. The summed E-state index contributed by atoms with van der Waals surface area (Å²) in [5, 5.41) is 18.0. The number of nitrogens with zero attached hydrogens (tertiary/aromatic N) is 6. The van der Waals surface area contributed by atoms with Crippen molar-refractivity contribution in [2.45, 2.75) is 31.6 Å². The molecule has 0 bridgehead atoms. The predicted molar refractivity (Wildman–Crippen MR) is 120 cm³/mol. The molecule has 0 aliphatic carbocycles. The summed E-state index contributed by atoms with van der Waals surface area (Å²) in [7, 11) is 0. The van der Waals surface area contributed by atoms with Gasteiger partial charge in [-0.25, -0.2) is 18.7 Å². The van der Waals surface area contributed by atoms with Crippen LogP contribution in [0.3, 0.4) is 0 Å². The van der Waals surface area contributed by atoms with Gasteiger partial charge in [0.1, 0.15) is 18.1 Å². The number of rotatable bonds is 6. The summed E-state index contributed by atoms with van der Waals surface area (Å²) >= 11 is 6.59. The largest absolute Gasteiger partial charge is 0.378 e. The Morgan fingerprint density at radius 2 is 2.22 bits per heavy atom. The minimum Gasteiger partial charge on any atom is -0.378 e. The number of fused-ring (bicyclic) bond motifs is 1. The van der Waals surface area contributed by atoms with Gasteiger partial charge in [-0.3, -0.25) is 4.90 Å². The molecule has 0 aromatic carbocycles. The van der Waals surface area contributed by atoms with Crippen molar-refractivity contribution in [3.05, 3.63) is 35.2 Å². The molecule has 2 N–H and O–H groups in total. The van der Waals surface area contributed by atoms with Crippen LogP contribution in [0.15, 0.2) is 24.5 Å². The Kier molecular flexibility index (Phi) is 5.63. The molecular formula is C21H24ClFN8O. The van der Waals surface area contributed by atoms with E-state index in [0.717, 1.165) is 11.9 Å². The molecule has 2 aliphatic heterocycles. The van der Waals surface area contributed by atoms with Gasteiger partial charge in [-0.15, -0.1) is 0 Å². The van der Waals surface area contributed by atoms with Crippen molar-refractivity contribution < 1.29 is 9.13 Å². The van der Waals surface area contributed by atoms with Crippen LogP contribution in [0.5, 0.6) is 0 Å². The number of likely N-dealkylation sites (tertiary alicyclic amines) is 1. The molecule has 2 aliphatic rings. The summed E-state index contributed by atoms with van der Waals surface area (Å²) in [4.78, 5) is 6.78. The summed E-state index contributed by atoms with van der Waals surface area (Å²) in [5.74, 6) is 0.553. The number of ether oxygens (including phenoxy) is 1. The number of hydrogen-bond donors (Lipinski definition) is 2. The van der Waals surface area contributed by atoms with Crippen molar-refractivity contribution in [3.8, 4) is 6.07 Å². The number of aromatic nitrogens is 4. The molecule has 168 valence electrons. The molecule has 11 heteroatoms. The lowest BCUT2D eigenvalue weighted by Crippen LogP contribution is -2.55. The van der Waals surface area contributed by atoms with E-state index in [9.17, 15) is 9.65 Å². The average Bonchev–Trinajstić information content (AvgIpc) is 3.28. The third-order valence-electron chi connectivity index (χ3n) is 6.09. The zero-order valence-electron chi connectivity index (χ0n) is 17.6. The van der Waals surface area contributed by atoms with E-state index in [2.05, 4.69) is 31.8 Å². The van der Waals surface area contributed by atoms with Crippen molar-refractivity contribution in [1.82, 2.24) is 24.3 Å². The van der Waals surface area contributed by atoms with Gasteiger partial charge in [0.15, 0.2) is 10.8 Å². The number of alkyl halides is 1. The molecule has 0 saturated carbocycles. The van der Waals surface area contributed by atoms with E-state index in [1.807, 2.05) is 13.0 Å². The second-order valence-electron chi connectivity index (χ2n) is 8.08. The smallest absolute Gasteiger partial charge is 0.162 e. The number of nitrogens with one attached hydrogen (secondary N) is 2. The minimum absolute atomic E-state index is 0.322. The van der Waals surface area contributed by atoms with Crippen molar-refractivity contribution in [2.75, 3.05) is 43.6 Å². The van der Waals surface area contributed by atoms with Crippen molar-refractivity contribution in [3.63, 3.8) is 0 Å². The lowest BCUT2D eigenvalue weighted by atomic mass is 10.0. The lowest BCUT2D eigenvalue weighted by Gasteiger charge is -2.42. The van der Waals surface area contributed by atoms with E-state index in [0.29, 0.717) is 66.6 Å². The molecule has 0 radical (unpaired) electrons. The summed E-state index contributed by atoms with van der Waals surface area (Å²) in [6, 6.07) is 5.72. The third kappa shape index (κ3) is 3.66. The number of hydrogen-bond acceptors (Lipinski definition) is 7.